The van der Waals surface area contributed by atoms with E-state index in [1.807, 2.05) is 41.9 Å². The number of hydrogen-bond donors (Lipinski definition) is 0. The maximum absolute atomic E-state index is 12.1. The normalized spacial score (nSPS) is 13.8. The zero-order valence-corrected chi connectivity index (χ0v) is 14.2. The van der Waals surface area contributed by atoms with Gasteiger partial charge in [-0.2, -0.15) is 0 Å². The van der Waals surface area contributed by atoms with Gasteiger partial charge < -0.3 is 14.0 Å². The van der Waals surface area contributed by atoms with Gasteiger partial charge in [-0.3, -0.25) is 0 Å². The third-order valence-electron chi connectivity index (χ3n) is 4.57. The molecule has 1 aliphatic carbocycles. The van der Waals surface area contributed by atoms with E-state index in [-0.39, 0.29) is 6.61 Å². The van der Waals surface area contributed by atoms with Gasteiger partial charge in [-0.1, -0.05) is 30.3 Å². The van der Waals surface area contributed by atoms with Crippen LogP contribution in [0.15, 0.2) is 36.4 Å². The molecule has 128 valence electrons. The largest absolute Gasteiger partial charge is 0.484 e. The molecule has 4 rings (SSSR count). The Morgan fingerprint density at radius 2 is 2.00 bits per heavy atom. The molecule has 0 radical (unpaired) electrons. The van der Waals surface area contributed by atoms with Gasteiger partial charge in [0, 0.05) is 18.4 Å². The molecule has 1 fully saturated rings. The average Bonchev–Trinajstić information content (AvgIpc) is 3.42. The number of rotatable bonds is 5. The highest BCUT2D eigenvalue weighted by Crippen LogP contribution is 2.39. The summed E-state index contributed by atoms with van der Waals surface area (Å²) in [5.41, 5.74) is 0.408. The van der Waals surface area contributed by atoms with Crippen LogP contribution in [-0.2, 0) is 18.4 Å². The van der Waals surface area contributed by atoms with Crippen molar-refractivity contribution >= 4 is 16.7 Å². The molecule has 1 heterocycles. The fraction of sp³-hybridized carbons (Fsp3) is 0.316. The molecule has 6 nitrogen and oxygen atoms in total. The molecule has 0 bridgehead atoms. The van der Waals surface area contributed by atoms with Gasteiger partial charge in [0.1, 0.15) is 23.7 Å². The van der Waals surface area contributed by atoms with Gasteiger partial charge in [-0.15, -0.1) is 10.2 Å². The summed E-state index contributed by atoms with van der Waals surface area (Å²) in [6.45, 7) is 0.244. The first-order chi connectivity index (χ1) is 12.2. The van der Waals surface area contributed by atoms with Crippen LogP contribution in [0.1, 0.15) is 40.8 Å². The molecule has 6 heteroatoms. The van der Waals surface area contributed by atoms with Crippen molar-refractivity contribution < 1.29 is 14.3 Å². The van der Waals surface area contributed by atoms with Crippen LogP contribution in [0.4, 0.5) is 0 Å². The van der Waals surface area contributed by atoms with E-state index in [0.29, 0.717) is 17.2 Å². The molecular formula is C19H19N3O3. The molecule has 0 atom stereocenters. The number of carbonyl (C=O) groups is 1. The zero-order valence-electron chi connectivity index (χ0n) is 14.2. The lowest BCUT2D eigenvalue weighted by atomic mass is 10.1. The second kappa shape index (κ2) is 6.20. The Morgan fingerprint density at radius 1 is 1.20 bits per heavy atom. The van der Waals surface area contributed by atoms with Crippen molar-refractivity contribution in [3.63, 3.8) is 0 Å². The van der Waals surface area contributed by atoms with Crippen LogP contribution < -0.4 is 4.74 Å². The molecule has 25 heavy (non-hydrogen) atoms. The molecule has 2 aromatic carbocycles. The fourth-order valence-corrected chi connectivity index (χ4v) is 3.00. The fourth-order valence-electron chi connectivity index (χ4n) is 3.00. The number of methoxy groups -OCH3 is 1. The minimum atomic E-state index is -0.419. The Bertz CT molecular complexity index is 944. The van der Waals surface area contributed by atoms with Gasteiger partial charge in [0.05, 0.1) is 7.11 Å². The second-order valence-corrected chi connectivity index (χ2v) is 6.25. The highest BCUT2D eigenvalue weighted by Gasteiger charge is 2.29. The standard InChI is InChI=1S/C19H19N3O3/c1-22-16(20-21-18(22)13-7-8-13)11-25-17-14-6-4-3-5-12(14)9-10-15(17)19(23)24-2/h3-6,9-10,13H,7-8,11H2,1-2H3. The third kappa shape index (κ3) is 2.84. The number of esters is 1. The van der Waals surface area contributed by atoms with Gasteiger partial charge in [0.2, 0.25) is 0 Å². The number of ether oxygens (including phenoxy) is 2. The van der Waals surface area contributed by atoms with Gasteiger partial charge in [-0.05, 0) is 24.3 Å². The molecule has 1 aliphatic rings. The summed E-state index contributed by atoms with van der Waals surface area (Å²) in [6, 6.07) is 11.4. The van der Waals surface area contributed by atoms with Crippen LogP contribution in [0.25, 0.3) is 10.8 Å². The number of hydrogen-bond acceptors (Lipinski definition) is 5. The highest BCUT2D eigenvalue weighted by atomic mass is 16.5. The van der Waals surface area contributed by atoms with Crippen LogP contribution in [0.5, 0.6) is 5.75 Å². The maximum Gasteiger partial charge on any atom is 0.341 e. The highest BCUT2D eigenvalue weighted by molar-refractivity contribution is 6.01. The molecule has 3 aromatic rings. The van der Waals surface area contributed by atoms with E-state index in [9.17, 15) is 4.79 Å². The Labute approximate surface area is 145 Å². The minimum Gasteiger partial charge on any atom is -0.484 e. The SMILES string of the molecule is COC(=O)c1ccc2ccccc2c1OCc1nnc(C2CC2)n1C. The summed E-state index contributed by atoms with van der Waals surface area (Å²) >= 11 is 0. The van der Waals surface area contributed by atoms with Crippen molar-refractivity contribution in [1.82, 2.24) is 14.8 Å². The Balaban J connectivity index is 1.68. The summed E-state index contributed by atoms with van der Waals surface area (Å²) in [5, 5.41) is 10.4. The first-order valence-corrected chi connectivity index (χ1v) is 8.30. The van der Waals surface area contributed by atoms with Crippen molar-refractivity contribution in [3.05, 3.63) is 53.6 Å². The lowest BCUT2D eigenvalue weighted by Crippen LogP contribution is -2.09. The zero-order chi connectivity index (χ0) is 17.4. The first kappa shape index (κ1) is 15.6. The van der Waals surface area contributed by atoms with Crippen molar-refractivity contribution in [2.75, 3.05) is 7.11 Å². The van der Waals surface area contributed by atoms with Crippen molar-refractivity contribution in [1.29, 1.82) is 0 Å². The number of aromatic nitrogens is 3. The minimum absolute atomic E-state index is 0.244. The van der Waals surface area contributed by atoms with Crippen LogP contribution in [0.2, 0.25) is 0 Å². The predicted octanol–water partition coefficient (Wildman–Crippen LogP) is 3.21. The topological polar surface area (TPSA) is 66.2 Å². The van der Waals surface area contributed by atoms with Crippen molar-refractivity contribution in [2.24, 2.45) is 7.05 Å². The van der Waals surface area contributed by atoms with Crippen molar-refractivity contribution in [2.45, 2.75) is 25.4 Å². The quantitative estimate of drug-likeness (QED) is 0.669. The maximum atomic E-state index is 12.1. The second-order valence-electron chi connectivity index (χ2n) is 6.25. The van der Waals surface area contributed by atoms with Gasteiger partial charge in [-0.25, -0.2) is 4.79 Å². The van der Waals surface area contributed by atoms with E-state index in [1.54, 1.807) is 6.07 Å². The molecule has 1 saturated carbocycles. The smallest absolute Gasteiger partial charge is 0.341 e. The van der Waals surface area contributed by atoms with Gasteiger partial charge >= 0.3 is 5.97 Å². The number of nitrogens with zero attached hydrogens (tertiary/aromatic N) is 3. The van der Waals surface area contributed by atoms with E-state index in [2.05, 4.69) is 10.2 Å². The number of benzene rings is 2. The monoisotopic (exact) mass is 337 g/mol. The number of fused-ring (bicyclic) bond motifs is 1. The molecule has 0 N–H and O–H groups in total. The Kier molecular flexibility index (Phi) is 3.87. The van der Waals surface area contributed by atoms with E-state index >= 15 is 0 Å². The first-order valence-electron chi connectivity index (χ1n) is 8.30. The van der Waals surface area contributed by atoms with Crippen LogP contribution in [0.3, 0.4) is 0 Å². The predicted molar refractivity (Wildman–Crippen MR) is 92.6 cm³/mol. The summed E-state index contributed by atoms with van der Waals surface area (Å²) in [7, 11) is 3.32. The Hall–Kier alpha value is -2.89. The number of carbonyl (C=O) groups excluding carboxylic acids is 1. The summed E-state index contributed by atoms with van der Waals surface area (Å²) in [6.07, 6.45) is 2.34. The molecule has 0 saturated heterocycles. The molecule has 0 unspecified atom stereocenters. The summed E-state index contributed by atoms with van der Waals surface area (Å²) in [4.78, 5) is 12.1. The van der Waals surface area contributed by atoms with Gasteiger partial charge in [0.15, 0.2) is 5.82 Å². The Morgan fingerprint density at radius 3 is 2.76 bits per heavy atom. The third-order valence-corrected chi connectivity index (χ3v) is 4.57. The van der Waals surface area contributed by atoms with Crippen LogP contribution in [-0.4, -0.2) is 27.8 Å². The average molecular weight is 337 g/mol. The van der Waals surface area contributed by atoms with Crippen LogP contribution >= 0.6 is 0 Å². The molecular weight excluding hydrogens is 318 g/mol. The van der Waals surface area contributed by atoms with E-state index in [0.717, 1.165) is 22.4 Å². The molecule has 0 spiro atoms. The molecule has 0 aliphatic heterocycles. The molecule has 1 aromatic heterocycles. The summed E-state index contributed by atoms with van der Waals surface area (Å²) < 4.78 is 12.9. The van der Waals surface area contributed by atoms with E-state index < -0.39 is 5.97 Å². The lowest BCUT2D eigenvalue weighted by Gasteiger charge is -2.13. The van der Waals surface area contributed by atoms with Gasteiger partial charge in [0.25, 0.3) is 0 Å². The van der Waals surface area contributed by atoms with E-state index in [1.165, 1.54) is 20.0 Å². The molecule has 0 amide bonds. The van der Waals surface area contributed by atoms with E-state index in [4.69, 9.17) is 9.47 Å². The van der Waals surface area contributed by atoms with Crippen molar-refractivity contribution in [3.8, 4) is 5.75 Å². The lowest BCUT2D eigenvalue weighted by molar-refractivity contribution is 0.0595. The van der Waals surface area contributed by atoms with Crippen LogP contribution in [0, 0.1) is 0 Å². The summed E-state index contributed by atoms with van der Waals surface area (Å²) in [5.74, 6) is 2.36.